The first-order valence-corrected chi connectivity index (χ1v) is 20.4. The molecule has 6 heterocycles. The number of rotatable bonds is 7. The fraction of sp³-hybridized carbons (Fsp3) is 0.395. The minimum absolute atomic E-state index is 0. The Bertz CT molecular complexity index is 2350. The zero-order valence-electron chi connectivity index (χ0n) is 34.6. The third-order valence-corrected chi connectivity index (χ3v) is 9.80. The standard InChI is InChI=1S/C20H21N5O5.C18H17N5O5.C2H6.CH3Cl.2CH4/c1-2-29-15(26)10-24-6-5-12-9-13(3-4-14(12)19(24)27)25-7-8-30-18-16(20(25)28)17(21)22-11-23-18;19-15-14-16(21-9-20-15)28-6-5-23(18(14)27)11-1-2-12-10(7-11)3-4-22(17(12)26)8-13(24)25;2*1-2;;/h3-4,9,11H,2,5-8,10H2,1H3,(H2,21,22,23);1-2,7,9H,3-6,8H2,(H,24,25)(H2,19,20,21);1-2H3;1H3;2*1H4. The molecular formula is C43H55ClN10O10. The summed E-state index contributed by atoms with van der Waals surface area (Å²) in [6, 6.07) is 10.2. The first-order chi connectivity index (χ1) is 29.9. The van der Waals surface area contributed by atoms with Crippen molar-refractivity contribution in [1.82, 2.24) is 29.7 Å². The van der Waals surface area contributed by atoms with E-state index in [1.165, 1.54) is 33.7 Å². The van der Waals surface area contributed by atoms with Crippen LogP contribution in [0.4, 0.5) is 23.0 Å². The Morgan fingerprint density at radius 2 is 1.11 bits per heavy atom. The van der Waals surface area contributed by atoms with Crippen molar-refractivity contribution in [1.29, 1.82) is 0 Å². The molecule has 21 heteroatoms. The number of halogens is 1. The number of carboxylic acid groups (broad SMARTS) is 1. The summed E-state index contributed by atoms with van der Waals surface area (Å²) in [7, 11) is 0. The third kappa shape index (κ3) is 11.1. The number of aromatic nitrogens is 4. The molecule has 8 rings (SSSR count). The Balaban J connectivity index is 0.000000308. The minimum atomic E-state index is -1.05. The Hall–Kier alpha value is -7.09. The van der Waals surface area contributed by atoms with Gasteiger partial charge in [-0.2, -0.15) is 0 Å². The van der Waals surface area contributed by atoms with Crippen LogP contribution < -0.4 is 30.7 Å². The largest absolute Gasteiger partial charge is 0.480 e. The predicted molar refractivity (Wildman–Crippen MR) is 240 cm³/mol. The summed E-state index contributed by atoms with van der Waals surface area (Å²) < 4.78 is 16.0. The summed E-state index contributed by atoms with van der Waals surface area (Å²) >= 11 is 4.64. The minimum Gasteiger partial charge on any atom is -0.480 e. The summed E-state index contributed by atoms with van der Waals surface area (Å²) in [5, 5.41) is 8.93. The lowest BCUT2D eigenvalue weighted by Crippen LogP contribution is -2.41. The number of hydrogen-bond acceptors (Lipinski definition) is 15. The number of aliphatic carboxylic acids is 1. The number of esters is 1. The van der Waals surface area contributed by atoms with Gasteiger partial charge in [-0.15, -0.1) is 11.6 Å². The summed E-state index contributed by atoms with van der Waals surface area (Å²) in [5.74, 6) is -2.37. The highest BCUT2D eigenvalue weighted by Crippen LogP contribution is 2.32. The van der Waals surface area contributed by atoms with Crippen molar-refractivity contribution in [3.8, 4) is 11.8 Å². The molecule has 4 aliphatic rings. The third-order valence-electron chi connectivity index (χ3n) is 9.80. The van der Waals surface area contributed by atoms with E-state index in [4.69, 9.17) is 30.8 Å². The zero-order chi connectivity index (χ0) is 45.1. The van der Waals surface area contributed by atoms with Crippen LogP contribution in [0.2, 0.25) is 0 Å². The number of carbonyl (C=O) groups excluding carboxylic acids is 5. The molecule has 0 saturated heterocycles. The van der Waals surface area contributed by atoms with Crippen molar-refractivity contribution in [2.75, 3.05) is 86.7 Å². The second-order valence-corrected chi connectivity index (χ2v) is 13.3. The Kier molecular flexibility index (Phi) is 18.7. The number of nitrogen functional groups attached to an aromatic ring is 2. The Morgan fingerprint density at radius 1 is 0.688 bits per heavy atom. The van der Waals surface area contributed by atoms with Crippen molar-refractivity contribution in [3.05, 3.63) is 82.4 Å². The predicted octanol–water partition coefficient (Wildman–Crippen LogP) is 3.99. The smallest absolute Gasteiger partial charge is 0.325 e. The van der Waals surface area contributed by atoms with Crippen molar-refractivity contribution in [2.45, 2.75) is 48.5 Å². The topological polar surface area (TPSA) is 267 Å². The molecular weight excluding hydrogens is 852 g/mol. The number of carboxylic acids is 1. The number of benzene rings is 2. The van der Waals surface area contributed by atoms with E-state index in [2.05, 4.69) is 31.5 Å². The molecule has 2 aromatic heterocycles. The number of alkyl halides is 1. The zero-order valence-corrected chi connectivity index (χ0v) is 35.4. The molecule has 4 amide bonds. The second-order valence-electron chi connectivity index (χ2n) is 13.3. The van der Waals surface area contributed by atoms with Gasteiger partial charge in [0.25, 0.3) is 23.6 Å². The quantitative estimate of drug-likeness (QED) is 0.175. The fourth-order valence-corrected chi connectivity index (χ4v) is 7.03. The number of fused-ring (bicyclic) bond motifs is 4. The molecule has 0 unspecified atom stereocenters. The van der Waals surface area contributed by atoms with Crippen LogP contribution in [0.15, 0.2) is 49.1 Å². The normalized spacial score (nSPS) is 14.6. The molecule has 344 valence electrons. The van der Waals surface area contributed by atoms with Crippen LogP contribution >= 0.6 is 11.6 Å². The second kappa shape index (κ2) is 23.4. The number of amides is 4. The molecule has 0 aliphatic carbocycles. The van der Waals surface area contributed by atoms with Gasteiger partial charge in [0.15, 0.2) is 0 Å². The van der Waals surface area contributed by atoms with E-state index in [1.807, 2.05) is 19.9 Å². The van der Waals surface area contributed by atoms with Gasteiger partial charge in [-0.05, 0) is 67.3 Å². The number of hydrogen-bond donors (Lipinski definition) is 3. The van der Waals surface area contributed by atoms with Crippen LogP contribution in [0.1, 0.15) is 88.2 Å². The lowest BCUT2D eigenvalue weighted by molar-refractivity contribution is -0.144. The fourth-order valence-electron chi connectivity index (χ4n) is 7.03. The van der Waals surface area contributed by atoms with Gasteiger partial charge < -0.3 is 50.4 Å². The van der Waals surface area contributed by atoms with Gasteiger partial charge in [-0.1, -0.05) is 28.7 Å². The van der Waals surface area contributed by atoms with E-state index < -0.39 is 11.9 Å². The highest BCUT2D eigenvalue weighted by Gasteiger charge is 2.33. The van der Waals surface area contributed by atoms with Gasteiger partial charge >= 0.3 is 11.9 Å². The lowest BCUT2D eigenvalue weighted by Gasteiger charge is -2.29. The number of nitrogens with zero attached hydrogens (tertiary/aromatic N) is 8. The molecule has 0 fully saturated rings. The van der Waals surface area contributed by atoms with Gasteiger partial charge in [0.05, 0.1) is 19.7 Å². The van der Waals surface area contributed by atoms with E-state index in [1.54, 1.807) is 42.2 Å². The maximum atomic E-state index is 13.1. The van der Waals surface area contributed by atoms with E-state index in [-0.39, 0.29) is 112 Å². The first-order valence-electron chi connectivity index (χ1n) is 19.6. The van der Waals surface area contributed by atoms with Crippen molar-refractivity contribution >= 4 is 70.2 Å². The van der Waals surface area contributed by atoms with E-state index >= 15 is 0 Å². The maximum Gasteiger partial charge on any atom is 0.325 e. The molecule has 4 aliphatic heterocycles. The van der Waals surface area contributed by atoms with Gasteiger partial charge in [-0.25, -0.2) is 19.9 Å². The lowest BCUT2D eigenvalue weighted by atomic mass is 9.97. The molecule has 0 atom stereocenters. The summed E-state index contributed by atoms with van der Waals surface area (Å²) in [4.78, 5) is 95.5. The maximum absolute atomic E-state index is 13.1. The van der Waals surface area contributed by atoms with Crippen LogP contribution in [0.5, 0.6) is 11.8 Å². The summed E-state index contributed by atoms with van der Waals surface area (Å²) in [6.45, 7) is 7.35. The molecule has 5 N–H and O–H groups in total. The van der Waals surface area contributed by atoms with E-state index in [0.29, 0.717) is 55.0 Å². The van der Waals surface area contributed by atoms with Crippen LogP contribution in [0.25, 0.3) is 0 Å². The van der Waals surface area contributed by atoms with E-state index in [0.717, 1.165) is 11.1 Å². The average molecular weight is 907 g/mol. The SMILES string of the molecule is C.C.CC.CCOC(=O)CN1CCc2cc(N3CCOc4ncnc(N)c4C3=O)ccc2C1=O.CCl.Nc1ncnc2c1C(=O)N(c1ccc3c(c1)CCN(CC(=O)O)C3=O)CCO2. The first kappa shape index (κ1) is 51.3. The molecule has 0 spiro atoms. The van der Waals surface area contributed by atoms with Crippen LogP contribution in [-0.2, 0) is 27.2 Å². The van der Waals surface area contributed by atoms with Crippen LogP contribution in [-0.4, -0.2) is 136 Å². The van der Waals surface area contributed by atoms with Gasteiger partial charge in [-0.3, -0.25) is 28.8 Å². The van der Waals surface area contributed by atoms with Gasteiger partial charge in [0.1, 0.15) is 61.7 Å². The van der Waals surface area contributed by atoms with Crippen molar-refractivity contribution in [2.24, 2.45) is 0 Å². The molecule has 4 aromatic rings. The number of nitrogens with two attached hydrogens (primary N) is 2. The average Bonchev–Trinajstić information content (AvgIpc) is 3.55. The molecule has 0 saturated carbocycles. The Labute approximate surface area is 376 Å². The number of carbonyl (C=O) groups is 6. The van der Waals surface area contributed by atoms with Crippen LogP contribution in [0.3, 0.4) is 0 Å². The van der Waals surface area contributed by atoms with E-state index in [9.17, 15) is 28.8 Å². The highest BCUT2D eigenvalue weighted by molar-refractivity contribution is 6.15. The van der Waals surface area contributed by atoms with Crippen molar-refractivity contribution in [3.63, 3.8) is 0 Å². The summed E-state index contributed by atoms with van der Waals surface area (Å²) in [6.07, 6.45) is 5.03. The molecule has 2 aromatic carbocycles. The number of anilines is 4. The van der Waals surface area contributed by atoms with Crippen LogP contribution in [0, 0.1) is 0 Å². The van der Waals surface area contributed by atoms with Gasteiger partial charge in [0.2, 0.25) is 11.8 Å². The van der Waals surface area contributed by atoms with Crippen molar-refractivity contribution < 1.29 is 48.1 Å². The molecule has 0 bridgehead atoms. The summed E-state index contributed by atoms with van der Waals surface area (Å²) in [5.41, 5.74) is 15.7. The number of ether oxygens (including phenoxy) is 3. The van der Waals surface area contributed by atoms with Gasteiger partial charge in [0, 0.05) is 42.0 Å². The monoisotopic (exact) mass is 906 g/mol. The molecule has 0 radical (unpaired) electrons. The molecule has 64 heavy (non-hydrogen) atoms. The molecule has 20 nitrogen and oxygen atoms in total. The Morgan fingerprint density at radius 3 is 1.52 bits per heavy atom. The highest BCUT2D eigenvalue weighted by atomic mass is 35.5.